The fourth-order valence-electron chi connectivity index (χ4n) is 1.66. The summed E-state index contributed by atoms with van der Waals surface area (Å²) in [7, 11) is 0. The summed E-state index contributed by atoms with van der Waals surface area (Å²) in [5.41, 5.74) is 1.06. The van der Waals surface area contributed by atoms with E-state index in [0.29, 0.717) is 11.1 Å². The van der Waals surface area contributed by atoms with Gasteiger partial charge >= 0.3 is 18.2 Å². The lowest BCUT2D eigenvalue weighted by Crippen LogP contribution is -2.45. The predicted octanol–water partition coefficient (Wildman–Crippen LogP) is 0.656. The van der Waals surface area contributed by atoms with Crippen molar-refractivity contribution in [2.75, 3.05) is 19.7 Å². The molecule has 142 valence electrons. The number of ether oxygens (including phenoxy) is 1. The minimum atomic E-state index is -4.62. The molecule has 0 bridgehead atoms. The third-order valence-electron chi connectivity index (χ3n) is 2.85. The highest BCUT2D eigenvalue weighted by Gasteiger charge is 2.28. The van der Waals surface area contributed by atoms with Crippen LogP contribution in [0.3, 0.4) is 0 Å². The number of rotatable bonds is 6. The first-order chi connectivity index (χ1) is 12.1. The van der Waals surface area contributed by atoms with Gasteiger partial charge in [0.1, 0.15) is 13.1 Å². The van der Waals surface area contributed by atoms with Gasteiger partial charge in [-0.2, -0.15) is 13.2 Å². The van der Waals surface area contributed by atoms with E-state index in [-0.39, 0.29) is 0 Å². The van der Waals surface area contributed by atoms with Crippen molar-refractivity contribution in [2.45, 2.75) is 13.1 Å². The van der Waals surface area contributed by atoms with E-state index in [4.69, 9.17) is 0 Å². The molecular formula is C15H16F3N3O5. The largest absolute Gasteiger partial charge is 0.454 e. The van der Waals surface area contributed by atoms with Crippen molar-refractivity contribution in [3.63, 3.8) is 0 Å². The van der Waals surface area contributed by atoms with E-state index in [0.717, 1.165) is 0 Å². The lowest BCUT2D eigenvalue weighted by molar-refractivity contribution is -0.147. The van der Waals surface area contributed by atoms with Crippen molar-refractivity contribution < 1.29 is 37.1 Å². The van der Waals surface area contributed by atoms with Crippen LogP contribution < -0.4 is 16.0 Å². The summed E-state index contributed by atoms with van der Waals surface area (Å²) in [6.07, 6.45) is -4.62. The summed E-state index contributed by atoms with van der Waals surface area (Å²) >= 11 is 0. The van der Waals surface area contributed by atoms with Gasteiger partial charge in [-0.15, -0.1) is 0 Å². The second kappa shape index (κ2) is 9.39. The van der Waals surface area contributed by atoms with Crippen molar-refractivity contribution in [1.29, 1.82) is 0 Å². The van der Waals surface area contributed by atoms with Crippen molar-refractivity contribution in [3.8, 4) is 0 Å². The van der Waals surface area contributed by atoms with Gasteiger partial charge < -0.3 is 15.4 Å². The van der Waals surface area contributed by atoms with Crippen LogP contribution >= 0.6 is 0 Å². The molecule has 0 heterocycles. The number of benzene rings is 1. The summed E-state index contributed by atoms with van der Waals surface area (Å²) in [5, 5.41) is 5.26. The summed E-state index contributed by atoms with van der Waals surface area (Å²) in [5.74, 6) is -2.60. The third-order valence-corrected chi connectivity index (χ3v) is 2.85. The molecule has 0 atom stereocenters. The number of nitrogens with one attached hydrogen (secondary N) is 3. The lowest BCUT2D eigenvalue weighted by atomic mass is 10.1. The molecule has 0 aliphatic heterocycles. The van der Waals surface area contributed by atoms with E-state index in [9.17, 15) is 32.3 Å². The van der Waals surface area contributed by atoms with E-state index in [1.54, 1.807) is 36.5 Å². The molecule has 1 aromatic rings. The molecule has 11 heteroatoms. The number of urea groups is 1. The number of esters is 1. The Hall–Kier alpha value is -3.11. The molecule has 4 amide bonds. The number of carbonyl (C=O) groups is 4. The van der Waals surface area contributed by atoms with E-state index in [1.807, 2.05) is 0 Å². The quantitative estimate of drug-likeness (QED) is 0.632. The Morgan fingerprint density at radius 3 is 2.35 bits per heavy atom. The molecule has 0 unspecified atom stereocenters. The maximum absolute atomic E-state index is 11.9. The topological polar surface area (TPSA) is 114 Å². The van der Waals surface area contributed by atoms with Crippen LogP contribution in [0.4, 0.5) is 18.0 Å². The number of hydrogen-bond acceptors (Lipinski definition) is 5. The zero-order valence-corrected chi connectivity index (χ0v) is 13.6. The summed E-state index contributed by atoms with van der Waals surface area (Å²) < 4.78 is 40.1. The Morgan fingerprint density at radius 1 is 1.08 bits per heavy atom. The summed E-state index contributed by atoms with van der Waals surface area (Å²) in [4.78, 5) is 45.6. The van der Waals surface area contributed by atoms with Crippen LogP contribution in [0.25, 0.3) is 0 Å². The zero-order valence-electron chi connectivity index (χ0n) is 13.6. The van der Waals surface area contributed by atoms with Gasteiger partial charge in [0.2, 0.25) is 0 Å². The van der Waals surface area contributed by atoms with E-state index in [1.165, 1.54) is 5.32 Å². The van der Waals surface area contributed by atoms with Crippen LogP contribution in [0, 0.1) is 6.92 Å². The third kappa shape index (κ3) is 8.13. The number of aryl methyl sites for hydroxylation is 1. The predicted molar refractivity (Wildman–Crippen MR) is 82.1 cm³/mol. The summed E-state index contributed by atoms with van der Waals surface area (Å²) in [6, 6.07) is 5.28. The van der Waals surface area contributed by atoms with Crippen LogP contribution in [0.5, 0.6) is 0 Å². The van der Waals surface area contributed by atoms with Gasteiger partial charge in [-0.25, -0.2) is 4.79 Å². The minimum absolute atomic E-state index is 0.361. The standard InChI is InChI=1S/C15H16F3N3O5/c1-9-4-2-3-5-10(9)13(24)19-6-12(23)26-7-11(22)21-14(25)20-8-15(16,17)18/h2-5H,6-8H2,1H3,(H,19,24)(H2,20,21,22,25). The molecule has 0 saturated heterocycles. The average molecular weight is 375 g/mol. The first-order valence-electron chi connectivity index (χ1n) is 7.22. The van der Waals surface area contributed by atoms with Crippen LogP contribution in [0.1, 0.15) is 15.9 Å². The molecule has 8 nitrogen and oxygen atoms in total. The Labute approximate surface area is 146 Å². The SMILES string of the molecule is Cc1ccccc1C(=O)NCC(=O)OCC(=O)NC(=O)NCC(F)(F)F. The van der Waals surface area contributed by atoms with E-state index in [2.05, 4.69) is 10.1 Å². The zero-order chi connectivity index (χ0) is 19.7. The van der Waals surface area contributed by atoms with Crippen molar-refractivity contribution in [1.82, 2.24) is 16.0 Å². The Morgan fingerprint density at radius 2 is 1.73 bits per heavy atom. The van der Waals surface area contributed by atoms with Gasteiger partial charge in [0.15, 0.2) is 6.61 Å². The van der Waals surface area contributed by atoms with Crippen LogP contribution in [0.2, 0.25) is 0 Å². The molecule has 0 spiro atoms. The average Bonchev–Trinajstić information content (AvgIpc) is 2.56. The highest BCUT2D eigenvalue weighted by atomic mass is 19.4. The van der Waals surface area contributed by atoms with E-state index < -0.39 is 49.7 Å². The molecular weight excluding hydrogens is 359 g/mol. The fourth-order valence-corrected chi connectivity index (χ4v) is 1.66. The first kappa shape index (κ1) is 20.9. The number of hydrogen-bond donors (Lipinski definition) is 3. The van der Waals surface area contributed by atoms with E-state index >= 15 is 0 Å². The van der Waals surface area contributed by atoms with Crippen LogP contribution in [0.15, 0.2) is 24.3 Å². The van der Waals surface area contributed by atoms with Gasteiger partial charge in [0.05, 0.1) is 0 Å². The number of alkyl halides is 3. The lowest BCUT2D eigenvalue weighted by Gasteiger charge is -2.10. The monoisotopic (exact) mass is 375 g/mol. The van der Waals surface area contributed by atoms with Gasteiger partial charge in [-0.05, 0) is 18.6 Å². The number of halogens is 3. The molecule has 0 fully saturated rings. The van der Waals surface area contributed by atoms with Gasteiger partial charge in [-0.1, -0.05) is 18.2 Å². The first-order valence-corrected chi connectivity index (χ1v) is 7.22. The Balaban J connectivity index is 2.29. The normalized spacial score (nSPS) is 10.6. The van der Waals surface area contributed by atoms with Crippen molar-refractivity contribution in [3.05, 3.63) is 35.4 Å². The van der Waals surface area contributed by atoms with Gasteiger partial charge in [-0.3, -0.25) is 19.7 Å². The summed E-state index contributed by atoms with van der Waals surface area (Å²) in [6.45, 7) is -1.32. The maximum atomic E-state index is 11.9. The van der Waals surface area contributed by atoms with Crippen LogP contribution in [-0.4, -0.2) is 49.7 Å². The molecule has 1 rings (SSSR count). The molecule has 0 aliphatic carbocycles. The second-order valence-electron chi connectivity index (χ2n) is 5.00. The fraction of sp³-hybridized carbons (Fsp3) is 0.333. The van der Waals surface area contributed by atoms with Gasteiger partial charge in [0, 0.05) is 5.56 Å². The van der Waals surface area contributed by atoms with Crippen LogP contribution in [-0.2, 0) is 14.3 Å². The number of carbonyl (C=O) groups excluding carboxylic acids is 4. The molecule has 0 saturated carbocycles. The molecule has 26 heavy (non-hydrogen) atoms. The number of imide groups is 1. The molecule has 0 aliphatic rings. The minimum Gasteiger partial charge on any atom is -0.454 e. The van der Waals surface area contributed by atoms with Crippen molar-refractivity contribution in [2.24, 2.45) is 0 Å². The second-order valence-corrected chi connectivity index (χ2v) is 5.00. The Kier molecular flexibility index (Phi) is 7.56. The molecule has 0 aromatic heterocycles. The number of amides is 4. The maximum Gasteiger partial charge on any atom is 0.405 e. The molecule has 3 N–H and O–H groups in total. The Bertz CT molecular complexity index is 691. The van der Waals surface area contributed by atoms with Gasteiger partial charge in [0.25, 0.3) is 11.8 Å². The highest BCUT2D eigenvalue weighted by Crippen LogP contribution is 2.11. The molecule has 0 radical (unpaired) electrons. The van der Waals surface area contributed by atoms with Crippen molar-refractivity contribution >= 4 is 23.8 Å². The molecule has 1 aromatic carbocycles. The highest BCUT2D eigenvalue weighted by molar-refractivity contribution is 5.98. The smallest absolute Gasteiger partial charge is 0.405 e.